The number of allylic oxidation sites excluding steroid dienone is 1. The minimum absolute atomic E-state index is 0.117. The second-order valence-electron chi connectivity index (χ2n) is 9.41. The summed E-state index contributed by atoms with van der Waals surface area (Å²) in [5.41, 5.74) is 5.31. The number of nitrogens with one attached hydrogen (secondary N) is 1. The van der Waals surface area contributed by atoms with Crippen LogP contribution >= 0.6 is 0 Å². The highest BCUT2D eigenvalue weighted by molar-refractivity contribution is 5.75. The van der Waals surface area contributed by atoms with Gasteiger partial charge in [-0.05, 0) is 55.1 Å². The quantitative estimate of drug-likeness (QED) is 0.614. The Hall–Kier alpha value is -3.84. The Kier molecular flexibility index (Phi) is 5.62. The van der Waals surface area contributed by atoms with Crippen LogP contribution in [0.15, 0.2) is 73.1 Å². The molecular weight excluding hydrogens is 436 g/mol. The molecule has 7 nitrogen and oxygen atoms in total. The first-order valence-corrected chi connectivity index (χ1v) is 12.2. The molecule has 4 heterocycles. The number of likely N-dealkylation sites (N-methyl/N-ethyl adjacent to an activating group) is 1. The number of aromatic nitrogens is 2. The Bertz CT molecular complexity index is 1260. The fourth-order valence-corrected chi connectivity index (χ4v) is 4.99. The number of hydrogen-bond acceptors (Lipinski definition) is 7. The van der Waals surface area contributed by atoms with Gasteiger partial charge in [0.2, 0.25) is 5.95 Å². The van der Waals surface area contributed by atoms with Crippen LogP contribution in [0.4, 0.5) is 23.1 Å². The number of ether oxygens (including phenoxy) is 1. The van der Waals surface area contributed by atoms with Gasteiger partial charge in [0.25, 0.3) is 0 Å². The summed E-state index contributed by atoms with van der Waals surface area (Å²) >= 11 is 0. The molecule has 0 aliphatic carbocycles. The molecule has 0 radical (unpaired) electrons. The van der Waals surface area contributed by atoms with Crippen molar-refractivity contribution >= 4 is 29.2 Å². The molecule has 1 N–H and O–H groups in total. The highest BCUT2D eigenvalue weighted by atomic mass is 16.5. The maximum absolute atomic E-state index is 6.07. The van der Waals surface area contributed by atoms with Gasteiger partial charge in [0.15, 0.2) is 0 Å². The topological polar surface area (TPSA) is 56.8 Å². The second kappa shape index (κ2) is 9.07. The maximum atomic E-state index is 6.07. The van der Waals surface area contributed by atoms with Gasteiger partial charge in [0, 0.05) is 61.4 Å². The number of piperazine rings is 1. The van der Waals surface area contributed by atoms with E-state index in [9.17, 15) is 0 Å². The first-order chi connectivity index (χ1) is 17.1. The Morgan fingerprint density at radius 2 is 1.80 bits per heavy atom. The van der Waals surface area contributed by atoms with Gasteiger partial charge in [-0.15, -0.1) is 0 Å². The summed E-state index contributed by atoms with van der Waals surface area (Å²) in [4.78, 5) is 16.5. The number of para-hydroxylation sites is 1. The minimum atomic E-state index is 0.117. The predicted octanol–water partition coefficient (Wildman–Crippen LogP) is 4.32. The molecule has 0 saturated carbocycles. The summed E-state index contributed by atoms with van der Waals surface area (Å²) in [6, 6.07) is 16.9. The van der Waals surface area contributed by atoms with Crippen molar-refractivity contribution in [2.45, 2.75) is 12.5 Å². The molecule has 1 unspecified atom stereocenters. The van der Waals surface area contributed by atoms with Crippen LogP contribution in [0, 0.1) is 0 Å². The normalized spacial score (nSPS) is 19.7. The lowest BCUT2D eigenvalue weighted by Crippen LogP contribution is -2.44. The summed E-state index contributed by atoms with van der Waals surface area (Å²) in [5.74, 6) is 2.39. The van der Waals surface area contributed by atoms with Gasteiger partial charge >= 0.3 is 0 Å². The molecule has 3 aromatic rings. The monoisotopic (exact) mass is 466 g/mol. The van der Waals surface area contributed by atoms with Crippen LogP contribution in [-0.2, 0) is 6.42 Å². The molecule has 1 saturated heterocycles. The Labute approximate surface area is 206 Å². The summed E-state index contributed by atoms with van der Waals surface area (Å²) in [7, 11) is 2.18. The highest BCUT2D eigenvalue weighted by Crippen LogP contribution is 2.35. The lowest BCUT2D eigenvalue weighted by atomic mass is 9.99. The van der Waals surface area contributed by atoms with Crippen molar-refractivity contribution in [3.05, 3.63) is 84.2 Å². The van der Waals surface area contributed by atoms with Crippen LogP contribution in [0.5, 0.6) is 5.75 Å². The number of benzene rings is 2. The zero-order chi connectivity index (χ0) is 23.8. The number of fused-ring (bicyclic) bond motifs is 2. The van der Waals surface area contributed by atoms with E-state index in [1.54, 1.807) is 0 Å². The van der Waals surface area contributed by atoms with Crippen molar-refractivity contribution in [2.75, 3.05) is 55.0 Å². The standard InChI is InChI=1S/C28H30N6O/c1-20-7-8-22-18-29-28(30-23-9-11-24(12-10-23)33-15-13-32(2)14-16-33)31-27(22)34(20)25-17-21-5-3-4-6-26(21)35-19-25/h3-12,18,25H,1,13-17,19H2,2H3,(H,29,30,31). The fourth-order valence-electron chi connectivity index (χ4n) is 4.99. The van der Waals surface area contributed by atoms with Crippen LogP contribution in [-0.4, -0.2) is 60.7 Å². The van der Waals surface area contributed by atoms with Gasteiger partial charge in [0.1, 0.15) is 18.2 Å². The van der Waals surface area contributed by atoms with Crippen molar-refractivity contribution in [1.82, 2.24) is 14.9 Å². The predicted molar refractivity (Wildman–Crippen MR) is 142 cm³/mol. The largest absolute Gasteiger partial charge is 0.491 e. The Balaban J connectivity index is 1.21. The van der Waals surface area contributed by atoms with Gasteiger partial charge in [-0.25, -0.2) is 4.98 Å². The summed E-state index contributed by atoms with van der Waals surface area (Å²) in [6.07, 6.45) is 6.80. The van der Waals surface area contributed by atoms with Gasteiger partial charge in [-0.2, -0.15) is 4.98 Å². The van der Waals surface area contributed by atoms with Gasteiger partial charge in [-0.3, -0.25) is 0 Å². The zero-order valence-corrected chi connectivity index (χ0v) is 20.0. The molecule has 6 rings (SSSR count). The molecule has 0 bridgehead atoms. The molecule has 0 amide bonds. The molecular formula is C28H30N6O. The molecule has 0 spiro atoms. The van der Waals surface area contributed by atoms with Crippen molar-refractivity contribution in [3.63, 3.8) is 0 Å². The van der Waals surface area contributed by atoms with Crippen molar-refractivity contribution in [3.8, 4) is 5.75 Å². The molecule has 3 aliphatic rings. The molecule has 1 atom stereocenters. The van der Waals surface area contributed by atoms with Gasteiger partial charge in [-0.1, -0.05) is 24.8 Å². The van der Waals surface area contributed by atoms with E-state index in [0.717, 1.165) is 61.1 Å². The number of nitrogens with zero attached hydrogens (tertiary/aromatic N) is 5. The molecule has 1 aromatic heterocycles. The van der Waals surface area contributed by atoms with E-state index in [1.807, 2.05) is 30.5 Å². The third-order valence-electron chi connectivity index (χ3n) is 7.01. The van der Waals surface area contributed by atoms with E-state index in [4.69, 9.17) is 9.72 Å². The van der Waals surface area contributed by atoms with Crippen LogP contribution in [0.3, 0.4) is 0 Å². The summed E-state index contributed by atoms with van der Waals surface area (Å²) < 4.78 is 6.07. The highest BCUT2D eigenvalue weighted by Gasteiger charge is 2.30. The lowest BCUT2D eigenvalue weighted by molar-refractivity contribution is 0.260. The zero-order valence-electron chi connectivity index (χ0n) is 20.0. The number of hydrogen-bond donors (Lipinski definition) is 1. The number of rotatable bonds is 4. The van der Waals surface area contributed by atoms with Gasteiger partial charge < -0.3 is 24.8 Å². The van der Waals surface area contributed by atoms with Crippen LogP contribution < -0.4 is 19.9 Å². The van der Waals surface area contributed by atoms with E-state index < -0.39 is 0 Å². The molecule has 3 aliphatic heterocycles. The first kappa shape index (κ1) is 21.7. The SMILES string of the molecule is C=C1C=Cc2cnc(Nc3ccc(N4CCN(C)CC4)cc3)nc2N1C1COc2ccccc2C1. The van der Waals surface area contributed by atoms with E-state index >= 15 is 0 Å². The number of anilines is 4. The second-order valence-corrected chi connectivity index (χ2v) is 9.41. The average molecular weight is 467 g/mol. The summed E-state index contributed by atoms with van der Waals surface area (Å²) in [5, 5.41) is 3.38. The Morgan fingerprint density at radius 1 is 1.00 bits per heavy atom. The molecule has 1 fully saturated rings. The van der Waals surface area contributed by atoms with E-state index in [0.29, 0.717) is 12.6 Å². The van der Waals surface area contributed by atoms with E-state index in [2.05, 4.69) is 75.0 Å². The van der Waals surface area contributed by atoms with Crippen molar-refractivity contribution in [1.29, 1.82) is 0 Å². The third-order valence-corrected chi connectivity index (χ3v) is 7.01. The molecule has 178 valence electrons. The summed E-state index contributed by atoms with van der Waals surface area (Å²) in [6.45, 7) is 9.18. The van der Waals surface area contributed by atoms with Crippen molar-refractivity contribution in [2.24, 2.45) is 0 Å². The first-order valence-electron chi connectivity index (χ1n) is 12.2. The third kappa shape index (κ3) is 4.35. The van der Waals surface area contributed by atoms with Crippen LogP contribution in [0.2, 0.25) is 0 Å². The van der Waals surface area contributed by atoms with Crippen LogP contribution in [0.25, 0.3) is 6.08 Å². The van der Waals surface area contributed by atoms with E-state index in [1.165, 1.54) is 11.3 Å². The molecule has 2 aromatic carbocycles. The van der Waals surface area contributed by atoms with Crippen molar-refractivity contribution < 1.29 is 4.74 Å². The smallest absolute Gasteiger partial charge is 0.229 e. The van der Waals surface area contributed by atoms with Gasteiger partial charge in [0.05, 0.1) is 6.04 Å². The average Bonchev–Trinajstić information content (AvgIpc) is 2.89. The molecule has 35 heavy (non-hydrogen) atoms. The molecule has 7 heteroatoms. The Morgan fingerprint density at radius 3 is 2.63 bits per heavy atom. The lowest BCUT2D eigenvalue weighted by Gasteiger charge is -2.38. The van der Waals surface area contributed by atoms with E-state index in [-0.39, 0.29) is 6.04 Å². The maximum Gasteiger partial charge on any atom is 0.229 e. The fraction of sp³-hybridized carbons (Fsp3) is 0.286. The van der Waals surface area contributed by atoms with Crippen LogP contribution in [0.1, 0.15) is 11.1 Å². The minimum Gasteiger partial charge on any atom is -0.491 e.